The molecule has 6 nitrogen and oxygen atoms in total. The SMILES string of the molecule is O=C(O)c1cnc(C(=O)c2ccco2)[nH]1. The summed E-state index contributed by atoms with van der Waals surface area (Å²) < 4.78 is 4.86. The molecule has 0 spiro atoms. The van der Waals surface area contributed by atoms with Crippen molar-refractivity contribution in [2.45, 2.75) is 0 Å². The Labute approximate surface area is 83.6 Å². The number of carboxylic acid groups (broad SMARTS) is 1. The standard InChI is InChI=1S/C9H6N2O4/c12-7(6-2-1-3-15-6)8-10-4-5(11-8)9(13)14/h1-4H,(H,10,11)(H,13,14). The van der Waals surface area contributed by atoms with Crippen LogP contribution in [-0.2, 0) is 0 Å². The van der Waals surface area contributed by atoms with E-state index in [-0.39, 0.29) is 17.3 Å². The van der Waals surface area contributed by atoms with E-state index in [1.165, 1.54) is 12.3 Å². The molecule has 0 saturated heterocycles. The van der Waals surface area contributed by atoms with Gasteiger partial charge in [-0.15, -0.1) is 0 Å². The highest BCUT2D eigenvalue weighted by atomic mass is 16.4. The van der Waals surface area contributed by atoms with Crippen molar-refractivity contribution in [1.29, 1.82) is 0 Å². The molecule has 0 radical (unpaired) electrons. The zero-order valence-electron chi connectivity index (χ0n) is 7.43. The summed E-state index contributed by atoms with van der Waals surface area (Å²) in [5.74, 6) is -1.59. The molecule has 0 saturated carbocycles. The number of carbonyl (C=O) groups excluding carboxylic acids is 1. The number of carbonyl (C=O) groups is 2. The molecule has 2 N–H and O–H groups in total. The van der Waals surface area contributed by atoms with Crippen LogP contribution in [0.5, 0.6) is 0 Å². The number of imidazole rings is 1. The van der Waals surface area contributed by atoms with E-state index in [4.69, 9.17) is 9.52 Å². The van der Waals surface area contributed by atoms with Crippen LogP contribution in [0.15, 0.2) is 29.0 Å². The van der Waals surface area contributed by atoms with Crippen molar-refractivity contribution >= 4 is 11.8 Å². The van der Waals surface area contributed by atoms with E-state index in [9.17, 15) is 9.59 Å². The summed E-state index contributed by atoms with van der Waals surface area (Å²) in [6.07, 6.45) is 2.44. The van der Waals surface area contributed by atoms with Crippen LogP contribution in [0.4, 0.5) is 0 Å². The summed E-state index contributed by atoms with van der Waals surface area (Å²) in [5.41, 5.74) is -0.134. The van der Waals surface area contributed by atoms with Gasteiger partial charge in [-0.25, -0.2) is 9.78 Å². The average molecular weight is 206 g/mol. The maximum atomic E-state index is 11.6. The smallest absolute Gasteiger partial charge is 0.353 e. The molecule has 76 valence electrons. The Morgan fingerprint density at radius 2 is 2.27 bits per heavy atom. The minimum absolute atomic E-state index is 0.0534. The van der Waals surface area contributed by atoms with Gasteiger partial charge in [0.1, 0.15) is 5.69 Å². The van der Waals surface area contributed by atoms with Crippen LogP contribution in [0.25, 0.3) is 0 Å². The monoisotopic (exact) mass is 206 g/mol. The number of nitrogens with zero attached hydrogens (tertiary/aromatic N) is 1. The van der Waals surface area contributed by atoms with Gasteiger partial charge < -0.3 is 14.5 Å². The number of aromatic nitrogens is 2. The van der Waals surface area contributed by atoms with Crippen molar-refractivity contribution < 1.29 is 19.1 Å². The van der Waals surface area contributed by atoms with Gasteiger partial charge in [-0.3, -0.25) is 4.79 Å². The third-order valence-electron chi connectivity index (χ3n) is 1.77. The summed E-state index contributed by atoms with van der Waals surface area (Å²) in [6.45, 7) is 0. The highest BCUT2D eigenvalue weighted by Crippen LogP contribution is 2.07. The van der Waals surface area contributed by atoms with Crippen molar-refractivity contribution in [2.75, 3.05) is 0 Å². The Kier molecular flexibility index (Phi) is 2.09. The quantitative estimate of drug-likeness (QED) is 0.728. The molecule has 0 aromatic carbocycles. The number of ketones is 1. The lowest BCUT2D eigenvalue weighted by atomic mass is 10.3. The lowest BCUT2D eigenvalue weighted by Gasteiger charge is -1.90. The maximum Gasteiger partial charge on any atom is 0.353 e. The molecule has 0 aliphatic heterocycles. The second-order valence-electron chi connectivity index (χ2n) is 2.76. The second kappa shape index (κ2) is 3.41. The molecule has 2 rings (SSSR count). The maximum absolute atomic E-state index is 11.6. The fourth-order valence-electron chi connectivity index (χ4n) is 1.07. The minimum Gasteiger partial charge on any atom is -0.477 e. The van der Waals surface area contributed by atoms with Crippen LogP contribution >= 0.6 is 0 Å². The van der Waals surface area contributed by atoms with Gasteiger partial charge in [-0.05, 0) is 12.1 Å². The summed E-state index contributed by atoms with van der Waals surface area (Å²) in [5, 5.41) is 8.60. The summed E-state index contributed by atoms with van der Waals surface area (Å²) in [7, 11) is 0. The van der Waals surface area contributed by atoms with E-state index >= 15 is 0 Å². The molecule has 2 aromatic heterocycles. The summed E-state index contributed by atoms with van der Waals surface area (Å²) in [6, 6.07) is 3.04. The Hall–Kier alpha value is -2.37. The number of furan rings is 1. The molecular formula is C9H6N2O4. The molecule has 2 heterocycles. The average Bonchev–Trinajstić information content (AvgIpc) is 2.88. The molecule has 15 heavy (non-hydrogen) atoms. The second-order valence-corrected chi connectivity index (χ2v) is 2.76. The predicted octanol–water partition coefficient (Wildman–Crippen LogP) is 0.932. The van der Waals surface area contributed by atoms with E-state index in [2.05, 4.69) is 9.97 Å². The van der Waals surface area contributed by atoms with Crippen molar-refractivity contribution in [3.8, 4) is 0 Å². The number of carboxylic acids is 1. The number of nitrogens with one attached hydrogen (secondary N) is 1. The van der Waals surface area contributed by atoms with Crippen molar-refractivity contribution in [2.24, 2.45) is 0 Å². The van der Waals surface area contributed by atoms with Gasteiger partial charge in [0.05, 0.1) is 12.5 Å². The van der Waals surface area contributed by atoms with Crippen molar-refractivity contribution in [1.82, 2.24) is 9.97 Å². The highest BCUT2D eigenvalue weighted by molar-refractivity contribution is 6.05. The molecule has 0 aliphatic rings. The molecule has 0 unspecified atom stereocenters. The van der Waals surface area contributed by atoms with Crippen LogP contribution < -0.4 is 0 Å². The summed E-state index contributed by atoms with van der Waals surface area (Å²) >= 11 is 0. The first-order valence-electron chi connectivity index (χ1n) is 4.05. The number of aromatic amines is 1. The van der Waals surface area contributed by atoms with Gasteiger partial charge in [-0.2, -0.15) is 0 Å². The van der Waals surface area contributed by atoms with E-state index < -0.39 is 11.8 Å². The lowest BCUT2D eigenvalue weighted by Crippen LogP contribution is -2.03. The molecular weight excluding hydrogens is 200 g/mol. The van der Waals surface area contributed by atoms with E-state index in [1.807, 2.05) is 0 Å². The fourth-order valence-corrected chi connectivity index (χ4v) is 1.07. The highest BCUT2D eigenvalue weighted by Gasteiger charge is 2.17. The number of H-pyrrole nitrogens is 1. The van der Waals surface area contributed by atoms with Gasteiger partial charge in [0.25, 0.3) is 5.78 Å². The van der Waals surface area contributed by atoms with Gasteiger partial charge >= 0.3 is 5.97 Å². The number of aromatic carboxylic acids is 1. The predicted molar refractivity (Wildman–Crippen MR) is 47.7 cm³/mol. The number of hydrogen-bond donors (Lipinski definition) is 2. The fraction of sp³-hybridized carbons (Fsp3) is 0. The van der Waals surface area contributed by atoms with E-state index in [1.54, 1.807) is 6.07 Å². The third-order valence-corrected chi connectivity index (χ3v) is 1.77. The van der Waals surface area contributed by atoms with E-state index in [0.29, 0.717) is 0 Å². The molecule has 0 atom stereocenters. The third kappa shape index (κ3) is 1.64. The first kappa shape index (κ1) is 9.20. The van der Waals surface area contributed by atoms with E-state index in [0.717, 1.165) is 6.20 Å². The number of rotatable bonds is 3. The van der Waals surface area contributed by atoms with Crippen LogP contribution in [0.1, 0.15) is 26.9 Å². The minimum atomic E-state index is -1.17. The van der Waals surface area contributed by atoms with Gasteiger partial charge in [0.2, 0.25) is 0 Å². The van der Waals surface area contributed by atoms with Crippen LogP contribution in [-0.4, -0.2) is 26.8 Å². The summed E-state index contributed by atoms with van der Waals surface area (Å²) in [4.78, 5) is 28.1. The number of hydrogen-bond acceptors (Lipinski definition) is 4. The molecule has 0 amide bonds. The van der Waals surface area contributed by atoms with Crippen molar-refractivity contribution in [3.63, 3.8) is 0 Å². The van der Waals surface area contributed by atoms with Gasteiger partial charge in [0.15, 0.2) is 11.6 Å². The zero-order valence-corrected chi connectivity index (χ0v) is 7.43. The largest absolute Gasteiger partial charge is 0.477 e. The molecule has 2 aromatic rings. The Balaban J connectivity index is 2.31. The lowest BCUT2D eigenvalue weighted by molar-refractivity contribution is 0.0691. The van der Waals surface area contributed by atoms with Crippen LogP contribution in [0.2, 0.25) is 0 Å². The first-order valence-corrected chi connectivity index (χ1v) is 4.05. The van der Waals surface area contributed by atoms with Gasteiger partial charge in [0, 0.05) is 0 Å². The molecule has 0 fully saturated rings. The van der Waals surface area contributed by atoms with Gasteiger partial charge in [-0.1, -0.05) is 0 Å². The van der Waals surface area contributed by atoms with Crippen LogP contribution in [0.3, 0.4) is 0 Å². The topological polar surface area (TPSA) is 96.2 Å². The molecule has 6 heteroatoms. The normalized spacial score (nSPS) is 10.1. The molecule has 0 aliphatic carbocycles. The molecule has 0 bridgehead atoms. The Morgan fingerprint density at radius 1 is 1.47 bits per heavy atom. The van der Waals surface area contributed by atoms with Crippen molar-refractivity contribution in [3.05, 3.63) is 41.9 Å². The van der Waals surface area contributed by atoms with Crippen LogP contribution in [0, 0.1) is 0 Å². The Morgan fingerprint density at radius 3 is 2.80 bits per heavy atom. The zero-order chi connectivity index (χ0) is 10.8. The first-order chi connectivity index (χ1) is 7.18. The Bertz CT molecular complexity index is 498.